The van der Waals surface area contributed by atoms with Gasteiger partial charge in [-0.3, -0.25) is 4.79 Å². The minimum Gasteiger partial charge on any atom is -0.292 e. The van der Waals surface area contributed by atoms with Crippen LogP contribution in [0.1, 0.15) is 21.8 Å². The lowest BCUT2D eigenvalue weighted by atomic mass is 9.91. The Morgan fingerprint density at radius 2 is 1.71 bits per heavy atom. The van der Waals surface area contributed by atoms with Crippen LogP contribution in [0.25, 0.3) is 0 Å². The van der Waals surface area contributed by atoms with Crippen molar-refractivity contribution < 1.29 is 9.18 Å². The maximum absolute atomic E-state index is 13.4. The number of Topliss-reactive ketones (excluding diaryl/α,β-unsaturated/α-hetero) is 1. The van der Waals surface area contributed by atoms with E-state index in [2.05, 4.69) is 0 Å². The van der Waals surface area contributed by atoms with Crippen LogP contribution in [0, 0.1) is 17.1 Å². The van der Waals surface area contributed by atoms with Gasteiger partial charge in [-0.1, -0.05) is 40.9 Å². The smallest absolute Gasteiger partial charge is 0.184 e. The fourth-order valence-corrected chi connectivity index (χ4v) is 2.59. The Bertz CT molecular complexity index is 735. The number of nitriles is 1. The number of halogens is 4. The minimum absolute atomic E-state index is 0.0273. The molecule has 0 aliphatic heterocycles. The number of nitrogens with zero attached hydrogens (tertiary/aromatic N) is 1. The predicted octanol–water partition coefficient (Wildman–Crippen LogP) is 5.28. The van der Waals surface area contributed by atoms with Crippen LogP contribution in [-0.4, -0.2) is 5.78 Å². The van der Waals surface area contributed by atoms with Gasteiger partial charge in [0, 0.05) is 21.2 Å². The maximum atomic E-state index is 13.4. The highest BCUT2D eigenvalue weighted by molar-refractivity contribution is 6.36. The molecule has 0 radical (unpaired) electrons. The Kier molecular flexibility index (Phi) is 4.84. The van der Waals surface area contributed by atoms with E-state index >= 15 is 0 Å². The highest BCUT2D eigenvalue weighted by Gasteiger charge is 2.26. The summed E-state index contributed by atoms with van der Waals surface area (Å²) in [6.07, 6.45) is 0. The molecule has 0 aliphatic carbocycles. The number of carbonyl (C=O) groups excluding carboxylic acids is 1. The predicted molar refractivity (Wildman–Crippen MR) is 80.6 cm³/mol. The van der Waals surface area contributed by atoms with Gasteiger partial charge in [-0.25, -0.2) is 4.39 Å². The molecule has 0 heterocycles. The summed E-state index contributed by atoms with van der Waals surface area (Å²) < 4.78 is 13.4. The summed E-state index contributed by atoms with van der Waals surface area (Å²) in [7, 11) is 0. The fourth-order valence-electron chi connectivity index (χ4n) is 1.86. The van der Waals surface area contributed by atoms with E-state index in [0.717, 1.165) is 6.07 Å². The molecule has 21 heavy (non-hydrogen) atoms. The highest BCUT2D eigenvalue weighted by atomic mass is 35.5. The molecule has 2 nitrogen and oxygen atoms in total. The van der Waals surface area contributed by atoms with Crippen LogP contribution in [0.15, 0.2) is 36.4 Å². The standard InChI is InChI=1S/C15H7Cl3FNO/c16-10-5-4-8(6-13(10)19)15(21)9(7-20)14-11(17)2-1-3-12(14)18/h1-6,9H. The Morgan fingerprint density at radius 3 is 2.24 bits per heavy atom. The molecule has 0 fully saturated rings. The summed E-state index contributed by atoms with van der Waals surface area (Å²) in [5.41, 5.74) is 0.239. The average Bonchev–Trinajstić information content (AvgIpc) is 2.45. The summed E-state index contributed by atoms with van der Waals surface area (Å²) in [6.45, 7) is 0. The lowest BCUT2D eigenvalue weighted by molar-refractivity contribution is 0.0978. The molecule has 2 aromatic rings. The molecule has 0 saturated heterocycles. The van der Waals surface area contributed by atoms with Gasteiger partial charge in [0.1, 0.15) is 11.7 Å². The van der Waals surface area contributed by atoms with Crippen molar-refractivity contribution in [1.82, 2.24) is 0 Å². The summed E-state index contributed by atoms with van der Waals surface area (Å²) in [5, 5.41) is 9.59. The van der Waals surface area contributed by atoms with Gasteiger partial charge in [-0.2, -0.15) is 5.26 Å². The monoisotopic (exact) mass is 341 g/mol. The third kappa shape index (κ3) is 3.19. The molecule has 0 aromatic heterocycles. The van der Waals surface area contributed by atoms with E-state index in [-0.39, 0.29) is 26.2 Å². The minimum atomic E-state index is -1.22. The normalized spacial score (nSPS) is 11.8. The van der Waals surface area contributed by atoms with E-state index in [1.54, 1.807) is 6.07 Å². The number of hydrogen-bond donors (Lipinski definition) is 0. The van der Waals surface area contributed by atoms with Gasteiger partial charge in [0.15, 0.2) is 5.78 Å². The maximum Gasteiger partial charge on any atom is 0.184 e. The third-order valence-corrected chi connectivity index (χ3v) is 3.85. The number of ketones is 1. The molecule has 0 aliphatic rings. The fraction of sp³-hybridized carbons (Fsp3) is 0.0667. The molecule has 6 heteroatoms. The molecule has 0 amide bonds. The van der Waals surface area contributed by atoms with E-state index in [1.165, 1.54) is 24.3 Å². The second kappa shape index (κ2) is 6.44. The Hall–Kier alpha value is -1.60. The van der Waals surface area contributed by atoms with Gasteiger partial charge in [0.2, 0.25) is 0 Å². The van der Waals surface area contributed by atoms with E-state index in [9.17, 15) is 14.4 Å². The molecular weight excluding hydrogens is 336 g/mol. The van der Waals surface area contributed by atoms with Crippen LogP contribution in [0.2, 0.25) is 15.1 Å². The molecule has 1 unspecified atom stereocenters. The molecule has 0 N–H and O–H groups in total. The zero-order chi connectivity index (χ0) is 15.6. The van der Waals surface area contributed by atoms with Crippen LogP contribution in [-0.2, 0) is 0 Å². The number of hydrogen-bond acceptors (Lipinski definition) is 2. The van der Waals surface area contributed by atoms with Crippen molar-refractivity contribution in [2.45, 2.75) is 5.92 Å². The van der Waals surface area contributed by atoms with Crippen molar-refractivity contribution in [1.29, 1.82) is 5.26 Å². The summed E-state index contributed by atoms with van der Waals surface area (Å²) in [5.74, 6) is -2.54. The van der Waals surface area contributed by atoms with Gasteiger partial charge in [-0.05, 0) is 30.3 Å². The van der Waals surface area contributed by atoms with E-state index in [0.29, 0.717) is 0 Å². The molecule has 0 saturated carbocycles. The molecular formula is C15H7Cl3FNO. The van der Waals surface area contributed by atoms with Crippen molar-refractivity contribution in [2.24, 2.45) is 0 Å². The Labute approximate surface area is 135 Å². The molecule has 1 atom stereocenters. The van der Waals surface area contributed by atoms with Gasteiger partial charge in [0.05, 0.1) is 11.1 Å². The van der Waals surface area contributed by atoms with Crippen molar-refractivity contribution in [3.05, 3.63) is 68.4 Å². The van der Waals surface area contributed by atoms with Crippen molar-refractivity contribution in [3.8, 4) is 6.07 Å². The van der Waals surface area contributed by atoms with Crippen molar-refractivity contribution in [2.75, 3.05) is 0 Å². The van der Waals surface area contributed by atoms with E-state index in [4.69, 9.17) is 34.8 Å². The van der Waals surface area contributed by atoms with Gasteiger partial charge in [-0.15, -0.1) is 0 Å². The molecule has 0 spiro atoms. The second-order valence-corrected chi connectivity index (χ2v) is 5.41. The largest absolute Gasteiger partial charge is 0.292 e. The number of benzene rings is 2. The van der Waals surface area contributed by atoms with Gasteiger partial charge in [0.25, 0.3) is 0 Å². The van der Waals surface area contributed by atoms with E-state index < -0.39 is 17.5 Å². The third-order valence-electron chi connectivity index (χ3n) is 2.88. The number of carbonyl (C=O) groups is 1. The topological polar surface area (TPSA) is 40.9 Å². The summed E-state index contributed by atoms with van der Waals surface area (Å²) in [6, 6.07) is 10.1. The summed E-state index contributed by atoms with van der Waals surface area (Å²) in [4.78, 5) is 12.4. The molecule has 2 aromatic carbocycles. The zero-order valence-electron chi connectivity index (χ0n) is 10.4. The lowest BCUT2D eigenvalue weighted by Crippen LogP contribution is -2.12. The quantitative estimate of drug-likeness (QED) is 0.712. The van der Waals surface area contributed by atoms with Crippen LogP contribution < -0.4 is 0 Å². The molecule has 2 rings (SSSR count). The average molecular weight is 343 g/mol. The Balaban J connectivity index is 2.49. The van der Waals surface area contributed by atoms with Crippen LogP contribution in [0.3, 0.4) is 0 Å². The molecule has 0 bridgehead atoms. The SMILES string of the molecule is N#CC(C(=O)c1ccc(Cl)c(F)c1)c1c(Cl)cccc1Cl. The lowest BCUT2D eigenvalue weighted by Gasteiger charge is -2.12. The highest BCUT2D eigenvalue weighted by Crippen LogP contribution is 2.33. The van der Waals surface area contributed by atoms with E-state index in [1.807, 2.05) is 6.07 Å². The first-order valence-electron chi connectivity index (χ1n) is 5.78. The van der Waals surface area contributed by atoms with Gasteiger partial charge < -0.3 is 0 Å². The molecule has 106 valence electrons. The van der Waals surface area contributed by atoms with Crippen LogP contribution >= 0.6 is 34.8 Å². The first kappa shape index (κ1) is 15.8. The van der Waals surface area contributed by atoms with Gasteiger partial charge >= 0.3 is 0 Å². The van der Waals surface area contributed by atoms with Crippen molar-refractivity contribution in [3.63, 3.8) is 0 Å². The summed E-state index contributed by atoms with van der Waals surface area (Å²) >= 11 is 17.6. The van der Waals surface area contributed by atoms with Crippen LogP contribution in [0.5, 0.6) is 0 Å². The zero-order valence-corrected chi connectivity index (χ0v) is 12.7. The number of rotatable bonds is 3. The second-order valence-electron chi connectivity index (χ2n) is 4.19. The van der Waals surface area contributed by atoms with Crippen molar-refractivity contribution >= 4 is 40.6 Å². The first-order chi connectivity index (χ1) is 9.95. The Morgan fingerprint density at radius 1 is 1.10 bits per heavy atom. The first-order valence-corrected chi connectivity index (χ1v) is 6.92. The van der Waals surface area contributed by atoms with Crippen LogP contribution in [0.4, 0.5) is 4.39 Å².